The van der Waals surface area contributed by atoms with E-state index in [-0.39, 0.29) is 5.69 Å². The second kappa shape index (κ2) is 6.87. The van der Waals surface area contributed by atoms with Gasteiger partial charge in [-0.2, -0.15) is 0 Å². The minimum Gasteiger partial charge on any atom is -0.448 e. The van der Waals surface area contributed by atoms with Gasteiger partial charge in [0.25, 0.3) is 5.91 Å². The summed E-state index contributed by atoms with van der Waals surface area (Å²) < 4.78 is 46.2. The Morgan fingerprint density at radius 1 is 1.15 bits per heavy atom. The van der Waals surface area contributed by atoms with Crippen LogP contribution in [0, 0.1) is 17.5 Å². The largest absolute Gasteiger partial charge is 0.448 e. The van der Waals surface area contributed by atoms with E-state index in [0.29, 0.717) is 11.7 Å². The smallest absolute Gasteiger partial charge is 0.359 e. The minimum absolute atomic E-state index is 0.0187. The molecule has 0 aliphatic rings. The van der Waals surface area contributed by atoms with E-state index in [1.54, 1.807) is 28.8 Å². The molecular formula is C17H12F3N3O3. The third kappa shape index (κ3) is 3.37. The normalized spacial score (nSPS) is 12.0. The number of hydrogen-bond donors (Lipinski definition) is 1. The highest BCUT2D eigenvalue weighted by molar-refractivity contribution is 5.97. The number of ether oxygens (including phenoxy) is 1. The molecule has 1 aromatic carbocycles. The van der Waals surface area contributed by atoms with Crippen molar-refractivity contribution in [3.8, 4) is 0 Å². The lowest BCUT2D eigenvalue weighted by atomic mass is 10.2. The van der Waals surface area contributed by atoms with E-state index < -0.39 is 41.1 Å². The number of fused-ring (bicyclic) bond motifs is 1. The van der Waals surface area contributed by atoms with Crippen molar-refractivity contribution < 1.29 is 27.5 Å². The summed E-state index contributed by atoms with van der Waals surface area (Å²) in [5, 5.41) is 2.04. The van der Waals surface area contributed by atoms with Crippen molar-refractivity contribution in [2.24, 2.45) is 0 Å². The fraction of sp³-hybridized carbons (Fsp3) is 0.118. The summed E-state index contributed by atoms with van der Waals surface area (Å²) in [6.45, 7) is 1.25. The fourth-order valence-electron chi connectivity index (χ4n) is 2.16. The van der Waals surface area contributed by atoms with Gasteiger partial charge in [0, 0.05) is 12.4 Å². The maximum absolute atomic E-state index is 13.6. The van der Waals surface area contributed by atoms with Crippen molar-refractivity contribution in [2.75, 3.05) is 5.32 Å². The number of halogens is 3. The van der Waals surface area contributed by atoms with E-state index in [1.807, 2.05) is 5.32 Å². The SMILES string of the molecule is C[C@H](OC(=O)c1cn2ccccc2n1)C(=O)Nc1ccc(F)c(F)c1F. The Labute approximate surface area is 145 Å². The molecule has 3 rings (SSSR count). The highest BCUT2D eigenvalue weighted by Crippen LogP contribution is 2.20. The summed E-state index contributed by atoms with van der Waals surface area (Å²) >= 11 is 0. The summed E-state index contributed by atoms with van der Waals surface area (Å²) in [6.07, 6.45) is 1.79. The highest BCUT2D eigenvalue weighted by Gasteiger charge is 2.23. The number of aromatic nitrogens is 2. The zero-order chi connectivity index (χ0) is 18.8. The topological polar surface area (TPSA) is 72.7 Å². The Balaban J connectivity index is 1.69. The second-order valence-electron chi connectivity index (χ2n) is 5.35. The van der Waals surface area contributed by atoms with E-state index in [1.165, 1.54) is 13.1 Å². The molecule has 9 heteroatoms. The van der Waals surface area contributed by atoms with Crippen molar-refractivity contribution in [3.05, 3.63) is 65.9 Å². The van der Waals surface area contributed by atoms with Gasteiger partial charge in [-0.05, 0) is 31.2 Å². The Morgan fingerprint density at radius 2 is 1.92 bits per heavy atom. The van der Waals surface area contributed by atoms with Crippen LogP contribution in [0.25, 0.3) is 5.65 Å². The van der Waals surface area contributed by atoms with Gasteiger partial charge in [-0.1, -0.05) is 6.07 Å². The third-order valence-electron chi connectivity index (χ3n) is 3.52. The molecule has 0 radical (unpaired) electrons. The van der Waals surface area contributed by atoms with Crippen LogP contribution in [0.1, 0.15) is 17.4 Å². The van der Waals surface area contributed by atoms with Crippen LogP contribution in [-0.4, -0.2) is 27.4 Å². The van der Waals surface area contributed by atoms with E-state index in [9.17, 15) is 22.8 Å². The molecule has 1 amide bonds. The van der Waals surface area contributed by atoms with Gasteiger partial charge < -0.3 is 14.5 Å². The average molecular weight is 363 g/mol. The molecule has 0 bridgehead atoms. The second-order valence-corrected chi connectivity index (χ2v) is 5.35. The van der Waals surface area contributed by atoms with Crippen molar-refractivity contribution in [3.63, 3.8) is 0 Å². The monoisotopic (exact) mass is 363 g/mol. The molecule has 1 atom stereocenters. The molecule has 2 aromatic heterocycles. The summed E-state index contributed by atoms with van der Waals surface area (Å²) in [7, 11) is 0. The molecule has 0 spiro atoms. The number of nitrogens with one attached hydrogen (secondary N) is 1. The zero-order valence-electron chi connectivity index (χ0n) is 13.4. The molecule has 0 aliphatic heterocycles. The first-order valence-electron chi connectivity index (χ1n) is 7.46. The number of benzene rings is 1. The molecule has 26 heavy (non-hydrogen) atoms. The molecule has 2 heterocycles. The zero-order valence-corrected chi connectivity index (χ0v) is 13.4. The molecule has 134 valence electrons. The quantitative estimate of drug-likeness (QED) is 0.571. The highest BCUT2D eigenvalue weighted by atomic mass is 19.2. The van der Waals surface area contributed by atoms with Crippen LogP contribution < -0.4 is 5.32 Å². The lowest BCUT2D eigenvalue weighted by Gasteiger charge is -2.13. The number of rotatable bonds is 4. The summed E-state index contributed by atoms with van der Waals surface area (Å²) in [5.41, 5.74) is -0.0696. The van der Waals surface area contributed by atoms with Crippen LogP contribution in [0.3, 0.4) is 0 Å². The predicted octanol–water partition coefficient (Wildman–Crippen LogP) is 2.94. The van der Waals surface area contributed by atoms with Gasteiger partial charge in [0.2, 0.25) is 0 Å². The number of imidazole rings is 1. The van der Waals surface area contributed by atoms with Crippen molar-refractivity contribution in [2.45, 2.75) is 13.0 Å². The van der Waals surface area contributed by atoms with Gasteiger partial charge in [0.05, 0.1) is 5.69 Å². The predicted molar refractivity (Wildman–Crippen MR) is 85.0 cm³/mol. The Morgan fingerprint density at radius 3 is 2.65 bits per heavy atom. The number of nitrogens with zero attached hydrogens (tertiary/aromatic N) is 2. The Hall–Kier alpha value is -3.36. The molecular weight excluding hydrogens is 351 g/mol. The molecule has 3 aromatic rings. The molecule has 0 fully saturated rings. The van der Waals surface area contributed by atoms with Crippen molar-refractivity contribution >= 4 is 23.2 Å². The molecule has 0 unspecified atom stereocenters. The number of amides is 1. The maximum atomic E-state index is 13.6. The first-order chi connectivity index (χ1) is 12.4. The fourth-order valence-corrected chi connectivity index (χ4v) is 2.16. The summed E-state index contributed by atoms with van der Waals surface area (Å²) in [6, 6.07) is 6.70. The minimum atomic E-state index is -1.71. The van der Waals surface area contributed by atoms with E-state index in [2.05, 4.69) is 4.98 Å². The van der Waals surface area contributed by atoms with Gasteiger partial charge in [0.1, 0.15) is 5.65 Å². The van der Waals surface area contributed by atoms with Crippen LogP contribution in [-0.2, 0) is 9.53 Å². The van der Waals surface area contributed by atoms with Gasteiger partial charge in [0.15, 0.2) is 29.2 Å². The van der Waals surface area contributed by atoms with Crippen LogP contribution in [0.2, 0.25) is 0 Å². The van der Waals surface area contributed by atoms with Crippen LogP contribution in [0.15, 0.2) is 42.7 Å². The Kier molecular flexibility index (Phi) is 4.61. The number of hydrogen-bond acceptors (Lipinski definition) is 4. The first kappa shape index (κ1) is 17.5. The van der Waals surface area contributed by atoms with E-state index in [4.69, 9.17) is 4.74 Å². The maximum Gasteiger partial charge on any atom is 0.359 e. The molecule has 0 saturated carbocycles. The van der Waals surface area contributed by atoms with Gasteiger partial charge in [-0.25, -0.2) is 22.9 Å². The van der Waals surface area contributed by atoms with Gasteiger partial charge in [-0.3, -0.25) is 4.79 Å². The average Bonchev–Trinajstić information content (AvgIpc) is 3.06. The number of esters is 1. The van der Waals surface area contributed by atoms with Crippen LogP contribution in [0.5, 0.6) is 0 Å². The van der Waals surface area contributed by atoms with Crippen LogP contribution in [0.4, 0.5) is 18.9 Å². The Bertz CT molecular complexity index is 970. The van der Waals surface area contributed by atoms with Gasteiger partial charge >= 0.3 is 5.97 Å². The lowest BCUT2D eigenvalue weighted by molar-refractivity contribution is -0.123. The lowest BCUT2D eigenvalue weighted by Crippen LogP contribution is -2.30. The third-order valence-corrected chi connectivity index (χ3v) is 3.52. The van der Waals surface area contributed by atoms with Crippen LogP contribution >= 0.6 is 0 Å². The first-order valence-corrected chi connectivity index (χ1v) is 7.46. The van der Waals surface area contributed by atoms with E-state index >= 15 is 0 Å². The molecule has 6 nitrogen and oxygen atoms in total. The summed E-state index contributed by atoms with van der Waals surface area (Å²) in [5.74, 6) is -6.41. The van der Waals surface area contributed by atoms with Crippen molar-refractivity contribution in [1.29, 1.82) is 0 Å². The summed E-state index contributed by atoms with van der Waals surface area (Å²) in [4.78, 5) is 28.1. The number of anilines is 1. The van der Waals surface area contributed by atoms with Gasteiger partial charge in [-0.15, -0.1) is 0 Å². The molecule has 0 saturated heterocycles. The standard InChI is InChI=1S/C17H12F3N3O3/c1-9(16(24)22-11-6-5-10(18)14(19)15(11)20)26-17(25)12-8-23-7-3-2-4-13(23)21-12/h2-9H,1H3,(H,22,24)/t9-/m0/s1. The number of carbonyl (C=O) groups is 2. The van der Waals surface area contributed by atoms with Crippen molar-refractivity contribution in [1.82, 2.24) is 9.38 Å². The van der Waals surface area contributed by atoms with E-state index in [0.717, 1.165) is 6.07 Å². The number of pyridine rings is 1. The molecule has 1 N–H and O–H groups in total. The molecule has 0 aliphatic carbocycles. The number of carbonyl (C=O) groups excluding carboxylic acids is 2.